The second-order valence-electron chi connectivity index (χ2n) is 6.26. The molecule has 1 fully saturated rings. The molecule has 1 rings (SSSR count). The fraction of sp³-hybridized carbons (Fsp3) is 0.944. The normalized spacial score (nSPS) is 16.9. The second kappa shape index (κ2) is 13.4. The minimum Gasteiger partial charge on any atom is -0.385 e. The van der Waals surface area contributed by atoms with E-state index in [1.807, 2.05) is 7.05 Å². The molecule has 0 aromatic rings. The van der Waals surface area contributed by atoms with Gasteiger partial charge in [-0.1, -0.05) is 13.8 Å². The number of ether oxygens (including phenoxy) is 2. The lowest BCUT2D eigenvalue weighted by Crippen LogP contribution is -2.47. The fourth-order valence-electron chi connectivity index (χ4n) is 3.06. The highest BCUT2D eigenvalue weighted by atomic mass is 16.5. The van der Waals surface area contributed by atoms with Crippen LogP contribution >= 0.6 is 0 Å². The first-order chi connectivity index (χ1) is 11.7. The summed E-state index contributed by atoms with van der Waals surface area (Å²) in [5, 5.41) is 3.51. The molecule has 0 radical (unpaired) electrons. The number of aliphatic imine (C=N–C) groups is 1. The Morgan fingerprint density at radius 2 is 1.88 bits per heavy atom. The number of nitrogens with one attached hydrogen (secondary N) is 1. The summed E-state index contributed by atoms with van der Waals surface area (Å²) in [5.74, 6) is 1.03. The molecule has 1 aliphatic rings. The largest absolute Gasteiger partial charge is 0.385 e. The molecule has 6 nitrogen and oxygen atoms in total. The van der Waals surface area contributed by atoms with Gasteiger partial charge in [0.1, 0.15) is 0 Å². The number of nitrogens with zero attached hydrogens (tertiary/aromatic N) is 3. The Morgan fingerprint density at radius 3 is 2.46 bits per heavy atom. The van der Waals surface area contributed by atoms with Gasteiger partial charge in [0.05, 0.1) is 6.10 Å². The molecule has 0 aromatic carbocycles. The van der Waals surface area contributed by atoms with Crippen molar-refractivity contribution in [1.82, 2.24) is 15.1 Å². The Hall–Kier alpha value is -0.850. The van der Waals surface area contributed by atoms with Gasteiger partial charge < -0.3 is 24.6 Å². The van der Waals surface area contributed by atoms with Gasteiger partial charge in [0.15, 0.2) is 5.96 Å². The summed E-state index contributed by atoms with van der Waals surface area (Å²) in [6.07, 6.45) is 4.67. The van der Waals surface area contributed by atoms with Crippen LogP contribution in [-0.4, -0.2) is 88.5 Å². The number of piperidine rings is 1. The van der Waals surface area contributed by atoms with Crippen molar-refractivity contribution in [2.24, 2.45) is 4.99 Å². The van der Waals surface area contributed by atoms with Crippen LogP contribution in [0.5, 0.6) is 0 Å². The van der Waals surface area contributed by atoms with Crippen molar-refractivity contribution in [1.29, 1.82) is 0 Å². The summed E-state index contributed by atoms with van der Waals surface area (Å²) in [6, 6.07) is 0. The van der Waals surface area contributed by atoms with Gasteiger partial charge in [-0.15, -0.1) is 0 Å². The highest BCUT2D eigenvalue weighted by Gasteiger charge is 2.21. The first-order valence-electron chi connectivity index (χ1n) is 9.53. The summed E-state index contributed by atoms with van der Waals surface area (Å²) >= 11 is 0. The van der Waals surface area contributed by atoms with E-state index in [1.165, 1.54) is 0 Å². The maximum Gasteiger partial charge on any atom is 0.193 e. The molecule has 0 aromatic heterocycles. The summed E-state index contributed by atoms with van der Waals surface area (Å²) in [4.78, 5) is 9.25. The molecular weight excluding hydrogens is 304 g/mol. The van der Waals surface area contributed by atoms with Gasteiger partial charge in [-0.2, -0.15) is 0 Å². The van der Waals surface area contributed by atoms with Crippen LogP contribution in [0.4, 0.5) is 0 Å². The molecule has 1 N–H and O–H groups in total. The molecule has 0 unspecified atom stereocenters. The summed E-state index contributed by atoms with van der Waals surface area (Å²) in [7, 11) is 3.61. The van der Waals surface area contributed by atoms with E-state index in [9.17, 15) is 0 Å². The van der Waals surface area contributed by atoms with Crippen LogP contribution in [0.15, 0.2) is 4.99 Å². The van der Waals surface area contributed by atoms with E-state index in [0.29, 0.717) is 6.10 Å². The Labute approximate surface area is 148 Å². The van der Waals surface area contributed by atoms with Gasteiger partial charge in [-0.05, 0) is 45.3 Å². The van der Waals surface area contributed by atoms with Crippen molar-refractivity contribution < 1.29 is 9.47 Å². The van der Waals surface area contributed by atoms with Crippen LogP contribution < -0.4 is 5.32 Å². The smallest absolute Gasteiger partial charge is 0.193 e. The molecule has 1 heterocycles. The van der Waals surface area contributed by atoms with Gasteiger partial charge in [0, 0.05) is 47.0 Å². The van der Waals surface area contributed by atoms with E-state index in [-0.39, 0.29) is 0 Å². The molecule has 1 saturated heterocycles. The van der Waals surface area contributed by atoms with Crippen LogP contribution in [0.3, 0.4) is 0 Å². The highest BCUT2D eigenvalue weighted by Crippen LogP contribution is 2.14. The van der Waals surface area contributed by atoms with Gasteiger partial charge in [0.2, 0.25) is 0 Å². The predicted molar refractivity (Wildman–Crippen MR) is 101 cm³/mol. The molecule has 0 saturated carbocycles. The lowest BCUT2D eigenvalue weighted by atomic mass is 10.1. The molecule has 0 amide bonds. The van der Waals surface area contributed by atoms with Crippen molar-refractivity contribution in [3.05, 3.63) is 0 Å². The number of methoxy groups -OCH3 is 1. The minimum atomic E-state index is 0.388. The van der Waals surface area contributed by atoms with E-state index in [1.54, 1.807) is 7.11 Å². The Bertz CT molecular complexity index is 327. The maximum atomic E-state index is 5.92. The predicted octanol–water partition coefficient (Wildman–Crippen LogP) is 1.81. The molecule has 0 bridgehead atoms. The van der Waals surface area contributed by atoms with Gasteiger partial charge >= 0.3 is 0 Å². The van der Waals surface area contributed by atoms with Crippen LogP contribution in [0.1, 0.15) is 39.5 Å². The molecular formula is C18H38N4O2. The van der Waals surface area contributed by atoms with Crippen LogP contribution in [0.25, 0.3) is 0 Å². The lowest BCUT2D eigenvalue weighted by molar-refractivity contribution is 0.00991. The van der Waals surface area contributed by atoms with E-state index >= 15 is 0 Å². The number of likely N-dealkylation sites (tertiary alicyclic amines) is 1. The van der Waals surface area contributed by atoms with Crippen molar-refractivity contribution in [3.8, 4) is 0 Å². The SMILES string of the molecule is CCN(CC)CCCNC(=NC)N1CCC(OCCCOC)CC1. The van der Waals surface area contributed by atoms with Crippen LogP contribution in [0.2, 0.25) is 0 Å². The third kappa shape index (κ3) is 8.31. The van der Waals surface area contributed by atoms with Crippen molar-refractivity contribution in [2.45, 2.75) is 45.6 Å². The van der Waals surface area contributed by atoms with Crippen molar-refractivity contribution >= 4 is 5.96 Å². The monoisotopic (exact) mass is 342 g/mol. The molecule has 24 heavy (non-hydrogen) atoms. The standard InChI is InChI=1S/C18H38N4O2/c1-5-21(6-2)12-7-11-20-18(19-3)22-13-9-17(10-14-22)24-16-8-15-23-4/h17H,5-16H2,1-4H3,(H,19,20). The zero-order chi connectivity index (χ0) is 17.6. The third-order valence-corrected chi connectivity index (χ3v) is 4.63. The molecule has 142 valence electrons. The van der Waals surface area contributed by atoms with Crippen LogP contribution in [-0.2, 0) is 9.47 Å². The van der Waals surface area contributed by atoms with E-state index in [2.05, 4.69) is 34.0 Å². The number of hydrogen-bond donors (Lipinski definition) is 1. The molecule has 0 atom stereocenters. The summed E-state index contributed by atoms with van der Waals surface area (Å²) in [5.41, 5.74) is 0. The average molecular weight is 343 g/mol. The lowest BCUT2D eigenvalue weighted by Gasteiger charge is -2.34. The van der Waals surface area contributed by atoms with Gasteiger partial charge in [-0.3, -0.25) is 4.99 Å². The topological polar surface area (TPSA) is 49.3 Å². The third-order valence-electron chi connectivity index (χ3n) is 4.63. The molecule has 6 heteroatoms. The molecule has 0 aliphatic carbocycles. The maximum absolute atomic E-state index is 5.92. The van der Waals surface area contributed by atoms with E-state index in [0.717, 1.165) is 84.1 Å². The summed E-state index contributed by atoms with van der Waals surface area (Å²) in [6.45, 7) is 12.4. The quantitative estimate of drug-likeness (QED) is 0.353. The first-order valence-corrected chi connectivity index (χ1v) is 9.53. The van der Waals surface area contributed by atoms with Crippen molar-refractivity contribution in [3.63, 3.8) is 0 Å². The van der Waals surface area contributed by atoms with Crippen molar-refractivity contribution in [2.75, 3.05) is 66.6 Å². The van der Waals surface area contributed by atoms with E-state index in [4.69, 9.17) is 9.47 Å². The fourth-order valence-corrected chi connectivity index (χ4v) is 3.06. The highest BCUT2D eigenvalue weighted by molar-refractivity contribution is 5.79. The minimum absolute atomic E-state index is 0.388. The Morgan fingerprint density at radius 1 is 1.17 bits per heavy atom. The Kier molecular flexibility index (Phi) is 11.9. The second-order valence-corrected chi connectivity index (χ2v) is 6.26. The molecule has 0 spiro atoms. The number of rotatable bonds is 11. The zero-order valence-electron chi connectivity index (χ0n) is 16.2. The number of guanidine groups is 1. The number of hydrogen-bond acceptors (Lipinski definition) is 4. The van der Waals surface area contributed by atoms with Crippen LogP contribution in [0, 0.1) is 0 Å². The zero-order valence-corrected chi connectivity index (χ0v) is 16.2. The average Bonchev–Trinajstić information content (AvgIpc) is 2.63. The van der Waals surface area contributed by atoms with Gasteiger partial charge in [-0.25, -0.2) is 0 Å². The first kappa shape index (κ1) is 21.2. The van der Waals surface area contributed by atoms with E-state index < -0.39 is 0 Å². The summed E-state index contributed by atoms with van der Waals surface area (Å²) < 4.78 is 11.0. The van der Waals surface area contributed by atoms with Gasteiger partial charge in [0.25, 0.3) is 0 Å². The molecule has 1 aliphatic heterocycles. The Balaban J connectivity index is 2.19.